The molecule has 2 aromatic rings. The number of nitrogen functional groups attached to an aromatic ring is 1. The highest BCUT2D eigenvalue weighted by Gasteiger charge is 2.31. The van der Waals surface area contributed by atoms with Gasteiger partial charge in [-0.2, -0.15) is 13.2 Å². The van der Waals surface area contributed by atoms with Crippen LogP contribution >= 0.6 is 11.6 Å². The van der Waals surface area contributed by atoms with E-state index < -0.39 is 17.6 Å². The SMILES string of the molecule is Nc1ccc(F)cc1Oc1ccc(C(F)(F)F)cc1Cl. The molecule has 2 rings (SSSR count). The van der Waals surface area contributed by atoms with Crippen molar-refractivity contribution in [2.75, 3.05) is 5.73 Å². The van der Waals surface area contributed by atoms with Crippen LogP contribution in [0.25, 0.3) is 0 Å². The van der Waals surface area contributed by atoms with Crippen molar-refractivity contribution in [1.82, 2.24) is 0 Å². The first-order valence-corrected chi connectivity index (χ1v) is 5.75. The lowest BCUT2D eigenvalue weighted by Gasteiger charge is -2.12. The molecule has 0 unspecified atom stereocenters. The molecule has 2 nitrogen and oxygen atoms in total. The summed E-state index contributed by atoms with van der Waals surface area (Å²) in [6, 6.07) is 6.03. The molecule has 0 bridgehead atoms. The molecule has 7 heteroatoms. The molecular formula is C13H8ClF4NO. The second-order valence-corrected chi connectivity index (χ2v) is 4.33. The first-order valence-electron chi connectivity index (χ1n) is 5.37. The standard InChI is InChI=1S/C13H8ClF4NO/c14-9-5-7(13(16,17)18)1-4-11(9)20-12-6-8(15)2-3-10(12)19/h1-6H,19H2. The lowest BCUT2D eigenvalue weighted by Crippen LogP contribution is -2.04. The Bertz CT molecular complexity index is 643. The molecule has 0 heterocycles. The topological polar surface area (TPSA) is 35.2 Å². The van der Waals surface area contributed by atoms with E-state index >= 15 is 0 Å². The van der Waals surface area contributed by atoms with Crippen LogP contribution in [0, 0.1) is 5.82 Å². The number of halogens is 5. The minimum atomic E-state index is -4.50. The quantitative estimate of drug-likeness (QED) is 0.634. The first-order chi connectivity index (χ1) is 9.27. The summed E-state index contributed by atoms with van der Waals surface area (Å²) in [4.78, 5) is 0. The average molecular weight is 306 g/mol. The van der Waals surface area contributed by atoms with Crippen LogP contribution in [0.1, 0.15) is 5.56 Å². The zero-order chi connectivity index (χ0) is 14.9. The number of hydrogen-bond donors (Lipinski definition) is 1. The Hall–Kier alpha value is -1.95. The van der Waals surface area contributed by atoms with Crippen molar-refractivity contribution in [1.29, 1.82) is 0 Å². The van der Waals surface area contributed by atoms with Crippen LogP contribution < -0.4 is 10.5 Å². The van der Waals surface area contributed by atoms with Gasteiger partial charge in [0.05, 0.1) is 16.3 Å². The summed E-state index contributed by atoms with van der Waals surface area (Å²) >= 11 is 5.72. The Morgan fingerprint density at radius 3 is 2.30 bits per heavy atom. The molecule has 0 spiro atoms. The Kier molecular flexibility index (Phi) is 3.76. The van der Waals surface area contributed by atoms with Crippen molar-refractivity contribution in [2.45, 2.75) is 6.18 Å². The molecule has 2 aromatic carbocycles. The molecule has 0 radical (unpaired) electrons. The third-order valence-electron chi connectivity index (χ3n) is 2.45. The maximum absolute atomic E-state index is 13.1. The van der Waals surface area contributed by atoms with E-state index in [4.69, 9.17) is 22.1 Å². The molecule has 0 aromatic heterocycles. The normalized spacial score (nSPS) is 11.4. The van der Waals surface area contributed by atoms with Crippen LogP contribution in [-0.2, 0) is 6.18 Å². The average Bonchev–Trinajstić information content (AvgIpc) is 2.35. The fraction of sp³-hybridized carbons (Fsp3) is 0.0769. The lowest BCUT2D eigenvalue weighted by molar-refractivity contribution is -0.137. The van der Waals surface area contributed by atoms with Gasteiger partial charge in [-0.05, 0) is 30.3 Å². The van der Waals surface area contributed by atoms with E-state index in [0.29, 0.717) is 0 Å². The highest BCUT2D eigenvalue weighted by molar-refractivity contribution is 6.32. The van der Waals surface area contributed by atoms with Gasteiger partial charge in [0.15, 0.2) is 5.75 Å². The smallest absolute Gasteiger partial charge is 0.416 e. The molecule has 0 aliphatic heterocycles. The van der Waals surface area contributed by atoms with Crippen molar-refractivity contribution in [3.63, 3.8) is 0 Å². The Balaban J connectivity index is 2.33. The second kappa shape index (κ2) is 5.20. The summed E-state index contributed by atoms with van der Waals surface area (Å²) in [6.07, 6.45) is -4.50. The van der Waals surface area contributed by atoms with Crippen molar-refractivity contribution in [3.05, 3.63) is 52.8 Å². The van der Waals surface area contributed by atoms with E-state index in [0.717, 1.165) is 30.3 Å². The Morgan fingerprint density at radius 2 is 1.70 bits per heavy atom. The molecule has 0 aliphatic rings. The van der Waals surface area contributed by atoms with Gasteiger partial charge in [-0.25, -0.2) is 4.39 Å². The van der Waals surface area contributed by atoms with Crippen LogP contribution in [0.15, 0.2) is 36.4 Å². The van der Waals surface area contributed by atoms with Crippen molar-refractivity contribution in [2.24, 2.45) is 0 Å². The monoisotopic (exact) mass is 305 g/mol. The van der Waals surface area contributed by atoms with Crippen molar-refractivity contribution < 1.29 is 22.3 Å². The van der Waals surface area contributed by atoms with Gasteiger partial charge in [-0.3, -0.25) is 0 Å². The zero-order valence-corrected chi connectivity index (χ0v) is 10.6. The van der Waals surface area contributed by atoms with Gasteiger partial charge in [0.2, 0.25) is 0 Å². The summed E-state index contributed by atoms with van der Waals surface area (Å²) in [5, 5.41) is -0.247. The number of benzene rings is 2. The van der Waals surface area contributed by atoms with E-state index in [1.54, 1.807) is 0 Å². The van der Waals surface area contributed by atoms with E-state index in [-0.39, 0.29) is 22.2 Å². The zero-order valence-electron chi connectivity index (χ0n) is 9.84. The van der Waals surface area contributed by atoms with Crippen LogP contribution in [0.5, 0.6) is 11.5 Å². The summed E-state index contributed by atoms with van der Waals surface area (Å²) in [6.45, 7) is 0. The van der Waals surface area contributed by atoms with Crippen LogP contribution in [0.4, 0.5) is 23.2 Å². The van der Waals surface area contributed by atoms with Crippen LogP contribution in [0.3, 0.4) is 0 Å². The maximum atomic E-state index is 13.1. The summed E-state index contributed by atoms with van der Waals surface area (Å²) in [5.74, 6) is -0.652. The minimum Gasteiger partial charge on any atom is -0.454 e. The number of hydrogen-bond acceptors (Lipinski definition) is 2. The highest BCUT2D eigenvalue weighted by atomic mass is 35.5. The number of ether oxygens (including phenoxy) is 1. The van der Waals surface area contributed by atoms with Gasteiger partial charge in [-0.1, -0.05) is 11.6 Å². The molecule has 106 valence electrons. The molecule has 0 aliphatic carbocycles. The molecule has 2 N–H and O–H groups in total. The van der Waals surface area contributed by atoms with Gasteiger partial charge in [-0.15, -0.1) is 0 Å². The van der Waals surface area contributed by atoms with Crippen LogP contribution in [0.2, 0.25) is 5.02 Å². The van der Waals surface area contributed by atoms with E-state index in [9.17, 15) is 17.6 Å². The van der Waals surface area contributed by atoms with Gasteiger partial charge in [0, 0.05) is 6.07 Å². The fourth-order valence-electron chi connectivity index (χ4n) is 1.47. The molecule has 0 amide bonds. The number of anilines is 1. The lowest BCUT2D eigenvalue weighted by atomic mass is 10.2. The summed E-state index contributed by atoms with van der Waals surface area (Å²) in [5.41, 5.74) is 4.81. The Morgan fingerprint density at radius 1 is 1.00 bits per heavy atom. The highest BCUT2D eigenvalue weighted by Crippen LogP contribution is 2.37. The molecule has 0 atom stereocenters. The van der Waals surface area contributed by atoms with E-state index in [1.807, 2.05) is 0 Å². The van der Waals surface area contributed by atoms with Gasteiger partial charge in [0.25, 0.3) is 0 Å². The van der Waals surface area contributed by atoms with Crippen LogP contribution in [-0.4, -0.2) is 0 Å². The Labute approximate surface area is 116 Å². The molecule has 20 heavy (non-hydrogen) atoms. The predicted molar refractivity (Wildman–Crippen MR) is 67.3 cm³/mol. The minimum absolute atomic E-state index is 0.0216. The van der Waals surface area contributed by atoms with Crippen molar-refractivity contribution >= 4 is 17.3 Å². The van der Waals surface area contributed by atoms with E-state index in [1.165, 1.54) is 6.07 Å². The third kappa shape index (κ3) is 3.14. The summed E-state index contributed by atoms with van der Waals surface area (Å²) < 4.78 is 55.7. The van der Waals surface area contributed by atoms with Gasteiger partial charge in [0.1, 0.15) is 11.6 Å². The third-order valence-corrected chi connectivity index (χ3v) is 2.75. The first kappa shape index (κ1) is 14.5. The summed E-state index contributed by atoms with van der Waals surface area (Å²) in [7, 11) is 0. The number of nitrogens with two attached hydrogens (primary N) is 1. The van der Waals surface area contributed by atoms with Gasteiger partial charge >= 0.3 is 6.18 Å². The molecule has 0 saturated heterocycles. The molecular weight excluding hydrogens is 298 g/mol. The number of alkyl halides is 3. The van der Waals surface area contributed by atoms with E-state index in [2.05, 4.69) is 0 Å². The van der Waals surface area contributed by atoms with Crippen molar-refractivity contribution in [3.8, 4) is 11.5 Å². The second-order valence-electron chi connectivity index (χ2n) is 3.93. The molecule has 0 fully saturated rings. The largest absolute Gasteiger partial charge is 0.454 e. The number of rotatable bonds is 2. The molecule has 0 saturated carbocycles. The maximum Gasteiger partial charge on any atom is 0.416 e. The van der Waals surface area contributed by atoms with Gasteiger partial charge < -0.3 is 10.5 Å². The fourth-order valence-corrected chi connectivity index (χ4v) is 1.69. The predicted octanol–water partition coefficient (Wildman–Crippen LogP) is 4.87.